The van der Waals surface area contributed by atoms with Crippen LogP contribution in [0.5, 0.6) is 0 Å². The topological polar surface area (TPSA) is 72.5 Å². The van der Waals surface area contributed by atoms with E-state index >= 15 is 0 Å². The largest absolute Gasteiger partial charge is 0.481 e. The summed E-state index contributed by atoms with van der Waals surface area (Å²) in [6.45, 7) is 3.94. The Morgan fingerprint density at radius 1 is 1.41 bits per heavy atom. The van der Waals surface area contributed by atoms with Crippen molar-refractivity contribution in [3.8, 4) is 0 Å². The van der Waals surface area contributed by atoms with E-state index in [0.29, 0.717) is 0 Å². The first kappa shape index (κ1) is 13.7. The lowest BCUT2D eigenvalue weighted by Crippen LogP contribution is -2.20. The van der Waals surface area contributed by atoms with E-state index in [2.05, 4.69) is 0 Å². The van der Waals surface area contributed by atoms with Crippen LogP contribution in [0.2, 0.25) is 0 Å². The highest BCUT2D eigenvalue weighted by Gasteiger charge is 2.19. The van der Waals surface area contributed by atoms with E-state index < -0.39 is 12.0 Å². The number of rotatable bonds is 5. The summed E-state index contributed by atoms with van der Waals surface area (Å²) in [5, 5.41) is 8.67. The van der Waals surface area contributed by atoms with Crippen LogP contribution < -0.4 is 5.73 Å². The fourth-order valence-corrected chi connectivity index (χ4v) is 1.56. The second kappa shape index (κ2) is 5.29. The lowest BCUT2D eigenvalue weighted by Gasteiger charge is -2.24. The van der Waals surface area contributed by atoms with Crippen LogP contribution in [0.25, 0.3) is 0 Å². The van der Waals surface area contributed by atoms with Gasteiger partial charge in [0.25, 0.3) is 0 Å². The second-order valence-corrected chi connectivity index (χ2v) is 4.54. The average Bonchev–Trinajstić information content (AvgIpc) is 2.28. The van der Waals surface area contributed by atoms with Gasteiger partial charge in [0.1, 0.15) is 0 Å². The van der Waals surface area contributed by atoms with E-state index in [-0.39, 0.29) is 12.0 Å². The Morgan fingerprint density at radius 2 is 1.94 bits per heavy atom. The van der Waals surface area contributed by atoms with Gasteiger partial charge in [-0.3, -0.25) is 4.79 Å². The predicted molar refractivity (Wildman–Crippen MR) is 65.7 cm³/mol. The van der Waals surface area contributed by atoms with Gasteiger partial charge in [-0.1, -0.05) is 24.3 Å². The minimum atomic E-state index is -0.890. The molecule has 94 valence electrons. The molecule has 1 atom stereocenters. The normalized spacial score (nSPS) is 13.4. The second-order valence-electron chi connectivity index (χ2n) is 4.54. The maximum Gasteiger partial charge on any atom is 0.305 e. The molecule has 4 heteroatoms. The molecule has 0 bridgehead atoms. The molecule has 0 radical (unpaired) electrons. The molecule has 1 aromatic carbocycles. The molecule has 0 fully saturated rings. The van der Waals surface area contributed by atoms with E-state index in [1.165, 1.54) is 0 Å². The van der Waals surface area contributed by atoms with Crippen molar-refractivity contribution < 1.29 is 14.6 Å². The van der Waals surface area contributed by atoms with Crippen LogP contribution in [0.15, 0.2) is 24.3 Å². The molecule has 0 amide bonds. The van der Waals surface area contributed by atoms with Gasteiger partial charge in [-0.25, -0.2) is 0 Å². The van der Waals surface area contributed by atoms with Crippen molar-refractivity contribution in [2.75, 3.05) is 7.11 Å². The van der Waals surface area contributed by atoms with E-state index in [0.717, 1.165) is 11.1 Å². The highest BCUT2D eigenvalue weighted by atomic mass is 16.5. The molecule has 0 saturated heterocycles. The van der Waals surface area contributed by atoms with Crippen LogP contribution >= 0.6 is 0 Å². The Hall–Kier alpha value is -1.39. The lowest BCUT2D eigenvalue weighted by molar-refractivity contribution is -0.137. The number of carboxylic acids is 1. The fraction of sp³-hybridized carbons (Fsp3) is 0.462. The summed E-state index contributed by atoms with van der Waals surface area (Å²) in [5.41, 5.74) is 7.28. The van der Waals surface area contributed by atoms with E-state index in [1.54, 1.807) is 7.11 Å². The highest BCUT2D eigenvalue weighted by Crippen LogP contribution is 2.25. The molecule has 1 rings (SSSR count). The quantitative estimate of drug-likeness (QED) is 0.822. The Balaban J connectivity index is 2.84. The van der Waals surface area contributed by atoms with Gasteiger partial charge in [0.2, 0.25) is 0 Å². The number of ether oxygens (including phenoxy) is 1. The first-order valence-electron chi connectivity index (χ1n) is 5.50. The van der Waals surface area contributed by atoms with E-state index in [4.69, 9.17) is 15.6 Å². The number of hydrogen-bond acceptors (Lipinski definition) is 3. The molecule has 0 aliphatic carbocycles. The van der Waals surface area contributed by atoms with Gasteiger partial charge in [-0.15, -0.1) is 0 Å². The van der Waals surface area contributed by atoms with Crippen LogP contribution in [0.1, 0.15) is 37.4 Å². The van der Waals surface area contributed by atoms with Crippen LogP contribution in [0, 0.1) is 0 Å². The smallest absolute Gasteiger partial charge is 0.305 e. The van der Waals surface area contributed by atoms with Crippen molar-refractivity contribution in [3.05, 3.63) is 35.4 Å². The Kier molecular flexibility index (Phi) is 4.26. The van der Waals surface area contributed by atoms with Crippen molar-refractivity contribution in [1.29, 1.82) is 0 Å². The van der Waals surface area contributed by atoms with Crippen molar-refractivity contribution >= 4 is 5.97 Å². The number of nitrogens with two attached hydrogens (primary N) is 1. The SMILES string of the molecule is COC(C)(C)c1ccc(C(N)CC(=O)O)cc1. The first-order chi connectivity index (χ1) is 7.86. The standard InChI is InChI=1S/C13H19NO3/c1-13(2,17-3)10-6-4-9(5-7-10)11(14)8-12(15)16/h4-7,11H,8,14H2,1-3H3,(H,15,16). The molecule has 4 nitrogen and oxygen atoms in total. The summed E-state index contributed by atoms with van der Waals surface area (Å²) in [6.07, 6.45) is -0.0625. The summed E-state index contributed by atoms with van der Waals surface area (Å²) < 4.78 is 5.36. The molecule has 0 aromatic heterocycles. The molecular formula is C13H19NO3. The molecule has 1 unspecified atom stereocenters. The molecule has 0 aliphatic heterocycles. The van der Waals surface area contributed by atoms with Crippen molar-refractivity contribution in [2.24, 2.45) is 5.73 Å². The summed E-state index contributed by atoms with van der Waals surface area (Å²) in [4.78, 5) is 10.6. The van der Waals surface area contributed by atoms with Gasteiger partial charge in [-0.05, 0) is 25.0 Å². The summed E-state index contributed by atoms with van der Waals surface area (Å²) in [7, 11) is 1.66. The number of hydrogen-bond donors (Lipinski definition) is 2. The summed E-state index contributed by atoms with van der Waals surface area (Å²) in [6, 6.07) is 7.07. The van der Waals surface area contributed by atoms with E-state index in [1.807, 2.05) is 38.1 Å². The van der Waals surface area contributed by atoms with Crippen molar-refractivity contribution in [3.63, 3.8) is 0 Å². The molecule has 1 aromatic rings. The summed E-state index contributed by atoms with van der Waals surface area (Å²) in [5.74, 6) is -0.890. The monoisotopic (exact) mass is 237 g/mol. The zero-order valence-electron chi connectivity index (χ0n) is 10.4. The molecule has 0 heterocycles. The first-order valence-corrected chi connectivity index (χ1v) is 5.50. The van der Waals surface area contributed by atoms with Gasteiger partial charge in [0, 0.05) is 13.2 Å². The van der Waals surface area contributed by atoms with Gasteiger partial charge in [0.05, 0.1) is 12.0 Å². The van der Waals surface area contributed by atoms with Crippen LogP contribution in [-0.2, 0) is 15.1 Å². The Morgan fingerprint density at radius 3 is 2.35 bits per heavy atom. The number of aliphatic carboxylic acids is 1. The third-order valence-electron chi connectivity index (χ3n) is 2.94. The fourth-order valence-electron chi connectivity index (χ4n) is 1.56. The Bertz CT molecular complexity index is 384. The molecule has 0 spiro atoms. The zero-order valence-corrected chi connectivity index (χ0v) is 10.4. The number of benzene rings is 1. The van der Waals surface area contributed by atoms with Crippen LogP contribution in [-0.4, -0.2) is 18.2 Å². The van der Waals surface area contributed by atoms with Crippen molar-refractivity contribution in [2.45, 2.75) is 31.9 Å². The predicted octanol–water partition coefficient (Wildman–Crippen LogP) is 2.04. The van der Waals surface area contributed by atoms with Crippen molar-refractivity contribution in [1.82, 2.24) is 0 Å². The molecule has 0 aliphatic rings. The minimum absolute atomic E-state index is 0.0625. The highest BCUT2D eigenvalue weighted by molar-refractivity contribution is 5.67. The van der Waals surface area contributed by atoms with Crippen LogP contribution in [0.4, 0.5) is 0 Å². The minimum Gasteiger partial charge on any atom is -0.481 e. The van der Waals surface area contributed by atoms with Gasteiger partial charge >= 0.3 is 5.97 Å². The zero-order chi connectivity index (χ0) is 13.1. The molecule has 0 saturated carbocycles. The third kappa shape index (κ3) is 3.54. The average molecular weight is 237 g/mol. The van der Waals surface area contributed by atoms with Gasteiger partial charge in [-0.2, -0.15) is 0 Å². The third-order valence-corrected chi connectivity index (χ3v) is 2.94. The molecule has 3 N–H and O–H groups in total. The van der Waals surface area contributed by atoms with Gasteiger partial charge in [0.15, 0.2) is 0 Å². The Labute approximate surface area is 101 Å². The maximum absolute atomic E-state index is 10.6. The van der Waals surface area contributed by atoms with Crippen LogP contribution in [0.3, 0.4) is 0 Å². The molecule has 17 heavy (non-hydrogen) atoms. The van der Waals surface area contributed by atoms with Gasteiger partial charge < -0.3 is 15.6 Å². The number of methoxy groups -OCH3 is 1. The number of carbonyl (C=O) groups is 1. The molecular weight excluding hydrogens is 218 g/mol. The number of carboxylic acid groups (broad SMARTS) is 1. The summed E-state index contributed by atoms with van der Waals surface area (Å²) >= 11 is 0. The maximum atomic E-state index is 10.6. The lowest BCUT2D eigenvalue weighted by atomic mass is 9.95. The van der Waals surface area contributed by atoms with E-state index in [9.17, 15) is 4.79 Å².